The van der Waals surface area contributed by atoms with Crippen LogP contribution in [0.15, 0.2) is 58.4 Å². The summed E-state index contributed by atoms with van der Waals surface area (Å²) < 4.78 is 46.8. The van der Waals surface area contributed by atoms with Crippen LogP contribution in [-0.4, -0.2) is 19.6 Å². The summed E-state index contributed by atoms with van der Waals surface area (Å²) in [7, 11) is 0.274. The van der Waals surface area contributed by atoms with Crippen LogP contribution in [0.3, 0.4) is 0 Å². The van der Waals surface area contributed by atoms with Gasteiger partial charge in [0.1, 0.15) is 17.4 Å². The highest BCUT2D eigenvalue weighted by atomic mass is 32.2. The summed E-state index contributed by atoms with van der Waals surface area (Å²) in [6.07, 6.45) is 4.42. The molecular weight excluding hydrogens is 390 g/mol. The molecule has 0 N–H and O–H groups in total. The molecule has 1 aromatic carbocycles. The van der Waals surface area contributed by atoms with E-state index >= 15 is 0 Å². The van der Waals surface area contributed by atoms with Crippen molar-refractivity contribution in [2.45, 2.75) is 5.88 Å². The topological polar surface area (TPSA) is 70.3 Å². The van der Waals surface area contributed by atoms with E-state index in [1.807, 2.05) is 0 Å². The molecule has 9 heteroatoms. The van der Waals surface area contributed by atoms with Crippen molar-refractivity contribution in [1.82, 2.24) is 9.13 Å². The monoisotopic (exact) mass is 406 g/mol. The van der Waals surface area contributed by atoms with Gasteiger partial charge in [0.2, 0.25) is 5.56 Å². The summed E-state index contributed by atoms with van der Waals surface area (Å²) in [6.45, 7) is 0. The molecule has 6 nitrogen and oxygen atoms in total. The summed E-state index contributed by atoms with van der Waals surface area (Å²) >= 11 is 0. The van der Waals surface area contributed by atoms with Gasteiger partial charge >= 0.3 is 0 Å². The molecule has 3 aromatic rings. The second kappa shape index (κ2) is 7.89. The van der Waals surface area contributed by atoms with Gasteiger partial charge in [0.15, 0.2) is 11.6 Å². The molecule has 0 saturated heterocycles. The predicted molar refractivity (Wildman–Crippen MR) is 102 cm³/mol. The number of rotatable bonds is 5. The quantitative estimate of drug-likeness (QED) is 0.653. The first-order valence-corrected chi connectivity index (χ1v) is 9.82. The molecule has 0 aliphatic carbocycles. The number of halogens is 2. The molecule has 0 saturated carbocycles. The lowest BCUT2D eigenvalue weighted by Gasteiger charge is -2.15. The van der Waals surface area contributed by atoms with Gasteiger partial charge in [0.25, 0.3) is 5.56 Å². The van der Waals surface area contributed by atoms with Crippen molar-refractivity contribution in [3.8, 4) is 22.6 Å². The van der Waals surface area contributed by atoms with E-state index in [0.29, 0.717) is 17.2 Å². The maximum atomic E-state index is 14.0. The van der Waals surface area contributed by atoms with E-state index in [0.717, 1.165) is 18.2 Å². The lowest BCUT2D eigenvalue weighted by atomic mass is 10.1. The number of pyridine rings is 2. The van der Waals surface area contributed by atoms with Crippen LogP contribution in [0.2, 0.25) is 0 Å². The Morgan fingerprint density at radius 3 is 2.39 bits per heavy atom. The molecule has 2 aromatic heterocycles. The molecule has 0 aliphatic rings. The molecule has 0 aliphatic heterocycles. The third-order valence-corrected chi connectivity index (χ3v) is 4.56. The molecule has 2 heterocycles. The van der Waals surface area contributed by atoms with Crippen molar-refractivity contribution < 1.29 is 17.7 Å². The maximum Gasteiger partial charge on any atom is 0.255 e. The number of hydrogen-bond acceptors (Lipinski definition) is 4. The van der Waals surface area contributed by atoms with Crippen molar-refractivity contribution in [1.29, 1.82) is 0 Å². The number of aromatic nitrogens is 2. The highest BCUT2D eigenvalue weighted by Gasteiger charge is 2.15. The number of nitrogens with zero attached hydrogens (tertiary/aromatic N) is 2. The number of benzene rings is 1. The van der Waals surface area contributed by atoms with Crippen LogP contribution < -0.4 is 15.9 Å². The Labute approximate surface area is 161 Å². The molecule has 0 fully saturated rings. The van der Waals surface area contributed by atoms with Crippen molar-refractivity contribution in [3.63, 3.8) is 0 Å². The first-order chi connectivity index (χ1) is 13.2. The molecule has 0 radical (unpaired) electrons. The molecular formula is C19H16F2N2O4S. The van der Waals surface area contributed by atoms with E-state index in [-0.39, 0.29) is 22.9 Å². The SMILES string of the molecule is Cn1cc(-c2cn(CS(C)=O)c(=O)cc2Oc2ccc(F)cc2F)ccc1=O. The summed E-state index contributed by atoms with van der Waals surface area (Å²) in [5.74, 6) is -1.96. The van der Waals surface area contributed by atoms with E-state index in [1.165, 1.54) is 39.9 Å². The number of ether oxygens (including phenoxy) is 1. The van der Waals surface area contributed by atoms with E-state index in [4.69, 9.17) is 4.74 Å². The fourth-order valence-corrected chi connectivity index (χ4v) is 3.18. The summed E-state index contributed by atoms with van der Waals surface area (Å²) in [5.41, 5.74) is 0.166. The summed E-state index contributed by atoms with van der Waals surface area (Å²) in [4.78, 5) is 24.0. The molecule has 1 unspecified atom stereocenters. The molecule has 0 spiro atoms. The van der Waals surface area contributed by atoms with E-state index in [1.54, 1.807) is 7.05 Å². The van der Waals surface area contributed by atoms with Gasteiger partial charge in [-0.3, -0.25) is 13.8 Å². The molecule has 0 amide bonds. The third-order valence-electron chi connectivity index (χ3n) is 3.92. The van der Waals surface area contributed by atoms with Crippen LogP contribution >= 0.6 is 0 Å². The highest BCUT2D eigenvalue weighted by molar-refractivity contribution is 7.83. The van der Waals surface area contributed by atoms with Crippen LogP contribution in [0.4, 0.5) is 8.78 Å². The van der Waals surface area contributed by atoms with E-state index in [2.05, 4.69) is 0 Å². The summed E-state index contributed by atoms with van der Waals surface area (Å²) in [5, 5.41) is 0. The zero-order valence-electron chi connectivity index (χ0n) is 15.0. The van der Waals surface area contributed by atoms with Crippen molar-refractivity contribution >= 4 is 10.8 Å². The highest BCUT2D eigenvalue weighted by Crippen LogP contribution is 2.33. The second-order valence-electron chi connectivity index (χ2n) is 6.11. The summed E-state index contributed by atoms with van der Waals surface area (Å²) in [6, 6.07) is 6.82. The van der Waals surface area contributed by atoms with Gasteiger partial charge in [0.05, 0.1) is 0 Å². The Kier molecular flexibility index (Phi) is 5.55. The number of aryl methyl sites for hydroxylation is 1. The smallest absolute Gasteiger partial charge is 0.255 e. The Hall–Kier alpha value is -3.07. The third kappa shape index (κ3) is 4.25. The van der Waals surface area contributed by atoms with Gasteiger partial charge in [-0.2, -0.15) is 0 Å². The molecule has 1 atom stereocenters. The van der Waals surface area contributed by atoms with Crippen molar-refractivity contribution in [3.05, 3.63) is 81.1 Å². The van der Waals surface area contributed by atoms with Crippen molar-refractivity contribution in [2.75, 3.05) is 6.26 Å². The Morgan fingerprint density at radius 2 is 1.75 bits per heavy atom. The molecule has 146 valence electrons. The Morgan fingerprint density at radius 1 is 1.00 bits per heavy atom. The zero-order chi connectivity index (χ0) is 20.4. The average Bonchev–Trinajstić information content (AvgIpc) is 2.61. The Bertz CT molecular complexity index is 1190. The van der Waals surface area contributed by atoms with Gasteiger partial charge < -0.3 is 13.9 Å². The van der Waals surface area contributed by atoms with Crippen LogP contribution in [0, 0.1) is 11.6 Å². The van der Waals surface area contributed by atoms with Crippen LogP contribution in [0.1, 0.15) is 0 Å². The lowest BCUT2D eigenvalue weighted by molar-refractivity contribution is 0.437. The normalized spacial score (nSPS) is 12.0. The van der Waals surface area contributed by atoms with Crippen LogP contribution in [0.25, 0.3) is 11.1 Å². The van der Waals surface area contributed by atoms with Crippen LogP contribution in [-0.2, 0) is 23.7 Å². The largest absolute Gasteiger partial charge is 0.453 e. The minimum atomic E-state index is -1.29. The van der Waals surface area contributed by atoms with Gasteiger partial charge in [0, 0.05) is 65.8 Å². The first kappa shape index (κ1) is 19.7. The minimum absolute atomic E-state index is 0.0206. The predicted octanol–water partition coefficient (Wildman–Crippen LogP) is 2.62. The fourth-order valence-electron chi connectivity index (χ4n) is 2.58. The molecule has 0 bridgehead atoms. The zero-order valence-corrected chi connectivity index (χ0v) is 15.8. The van der Waals surface area contributed by atoms with Crippen LogP contribution in [0.5, 0.6) is 11.5 Å². The van der Waals surface area contributed by atoms with Crippen molar-refractivity contribution in [2.24, 2.45) is 7.05 Å². The van der Waals surface area contributed by atoms with Gasteiger partial charge in [-0.05, 0) is 18.2 Å². The Balaban J connectivity index is 2.18. The molecule has 3 rings (SSSR count). The van der Waals surface area contributed by atoms with E-state index < -0.39 is 28.0 Å². The minimum Gasteiger partial charge on any atom is -0.453 e. The molecule has 28 heavy (non-hydrogen) atoms. The second-order valence-corrected chi connectivity index (χ2v) is 7.51. The maximum absolute atomic E-state index is 14.0. The first-order valence-electron chi connectivity index (χ1n) is 8.09. The van der Waals surface area contributed by atoms with Gasteiger partial charge in [-0.15, -0.1) is 0 Å². The van der Waals surface area contributed by atoms with E-state index in [9.17, 15) is 22.6 Å². The fraction of sp³-hybridized carbons (Fsp3) is 0.158. The standard InChI is InChI=1S/C19H16F2N2O4S/c1-22-9-12(3-6-18(22)24)14-10-23(11-28(2)26)19(25)8-17(14)27-16-5-4-13(20)7-15(16)21/h3-10H,11H2,1-2H3. The lowest BCUT2D eigenvalue weighted by Crippen LogP contribution is -2.21. The van der Waals surface area contributed by atoms with Gasteiger partial charge in [-0.1, -0.05) is 0 Å². The average molecular weight is 406 g/mol. The van der Waals surface area contributed by atoms with Gasteiger partial charge in [-0.25, -0.2) is 8.78 Å². The number of hydrogen-bond donors (Lipinski definition) is 0.